The minimum Gasteiger partial charge on any atom is -0.465 e. The number of fused-ring (bicyclic) bond motifs is 1. The van der Waals surface area contributed by atoms with Crippen molar-refractivity contribution < 1.29 is 27.5 Å². The third kappa shape index (κ3) is 6.16. The summed E-state index contributed by atoms with van der Waals surface area (Å²) < 4.78 is 45.0. The van der Waals surface area contributed by atoms with Gasteiger partial charge in [0.1, 0.15) is 0 Å². The van der Waals surface area contributed by atoms with Crippen LogP contribution in [-0.4, -0.2) is 39.0 Å². The van der Waals surface area contributed by atoms with Crippen molar-refractivity contribution in [3.63, 3.8) is 0 Å². The predicted octanol–water partition coefficient (Wildman–Crippen LogP) is 6.18. The predicted molar refractivity (Wildman–Crippen MR) is 132 cm³/mol. The van der Waals surface area contributed by atoms with Gasteiger partial charge in [0.2, 0.25) is 5.89 Å². The first-order chi connectivity index (χ1) is 17.4. The second-order valence-corrected chi connectivity index (χ2v) is 9.75. The van der Waals surface area contributed by atoms with E-state index in [0.717, 1.165) is 22.9 Å². The van der Waals surface area contributed by atoms with E-state index in [2.05, 4.69) is 25.8 Å². The van der Waals surface area contributed by atoms with E-state index < -0.39 is 35.2 Å². The number of pyridine rings is 1. The monoisotopic (exact) mass is 513 g/mol. The van der Waals surface area contributed by atoms with Gasteiger partial charge >= 0.3 is 18.3 Å². The second kappa shape index (κ2) is 10.1. The van der Waals surface area contributed by atoms with Crippen LogP contribution in [0, 0.1) is 5.41 Å². The summed E-state index contributed by atoms with van der Waals surface area (Å²) in [6, 6.07) is 11.6. The van der Waals surface area contributed by atoms with E-state index in [0.29, 0.717) is 11.1 Å². The van der Waals surface area contributed by atoms with E-state index in [4.69, 9.17) is 4.42 Å². The fourth-order valence-corrected chi connectivity index (χ4v) is 4.45. The molecule has 2 atom stereocenters. The maximum absolute atomic E-state index is 13.1. The van der Waals surface area contributed by atoms with Crippen LogP contribution in [0.5, 0.6) is 0 Å². The molecule has 0 bridgehead atoms. The summed E-state index contributed by atoms with van der Waals surface area (Å²) in [6.45, 7) is 5.74. The number of carbonyl (C=O) groups is 1. The van der Waals surface area contributed by atoms with E-state index in [-0.39, 0.29) is 18.5 Å². The van der Waals surface area contributed by atoms with Crippen LogP contribution in [0.15, 0.2) is 65.3 Å². The van der Waals surface area contributed by atoms with Crippen molar-refractivity contribution in [3.8, 4) is 11.5 Å². The fourth-order valence-electron chi connectivity index (χ4n) is 4.45. The molecule has 11 heteroatoms. The van der Waals surface area contributed by atoms with E-state index in [1.807, 2.05) is 45.0 Å². The van der Waals surface area contributed by atoms with Crippen LogP contribution in [0.25, 0.3) is 22.2 Å². The standard InChI is InChI=1S/C26H26F3N5O3/c1-25(2,3)21(15-6-8-19(9-7-15)26(27,28)29)20(32-24(35)36)14-31-23-34-33-22(37-23)17-4-5-18-13-30-11-10-16(18)12-17/h4-13,20-21,32H,14H2,1-3H3,(H,31,34)(H,35,36)/t20?,21-/m0/s1. The normalized spacial score (nSPS) is 13.8. The molecule has 0 spiro atoms. The van der Waals surface area contributed by atoms with Gasteiger partial charge in [0.25, 0.3) is 0 Å². The summed E-state index contributed by atoms with van der Waals surface area (Å²) in [5.41, 5.74) is -0.00284. The van der Waals surface area contributed by atoms with Crippen LogP contribution >= 0.6 is 0 Å². The van der Waals surface area contributed by atoms with Crippen LogP contribution in [0.1, 0.15) is 37.8 Å². The number of halogens is 3. The number of benzene rings is 2. The molecule has 3 N–H and O–H groups in total. The van der Waals surface area contributed by atoms with Crippen LogP contribution < -0.4 is 10.6 Å². The molecule has 2 aromatic carbocycles. The Morgan fingerprint density at radius 3 is 2.41 bits per heavy atom. The van der Waals surface area contributed by atoms with Gasteiger partial charge in [-0.15, -0.1) is 5.10 Å². The first-order valence-corrected chi connectivity index (χ1v) is 11.5. The van der Waals surface area contributed by atoms with Crippen LogP contribution in [0.2, 0.25) is 0 Å². The minimum atomic E-state index is -4.46. The highest BCUT2D eigenvalue weighted by molar-refractivity contribution is 5.85. The zero-order valence-electron chi connectivity index (χ0n) is 20.4. The number of amides is 1. The quantitative estimate of drug-likeness (QED) is 0.270. The van der Waals surface area contributed by atoms with E-state index in [9.17, 15) is 23.1 Å². The third-order valence-corrected chi connectivity index (χ3v) is 6.03. The Labute approximate surface area is 210 Å². The van der Waals surface area contributed by atoms with E-state index >= 15 is 0 Å². The lowest BCUT2D eigenvalue weighted by atomic mass is 9.72. The Morgan fingerprint density at radius 1 is 1.03 bits per heavy atom. The SMILES string of the molecule is CC(C)(C)[C@@H](c1ccc(C(F)(F)F)cc1)C(CNc1nnc(-c2ccc3cnccc3c2)o1)NC(=O)O. The number of anilines is 1. The molecule has 0 fully saturated rings. The maximum Gasteiger partial charge on any atom is 0.416 e. The molecule has 2 heterocycles. The lowest BCUT2D eigenvalue weighted by Gasteiger charge is -2.37. The Balaban J connectivity index is 1.56. The van der Waals surface area contributed by atoms with Crippen molar-refractivity contribution in [1.82, 2.24) is 20.5 Å². The number of carboxylic acid groups (broad SMARTS) is 1. The zero-order valence-corrected chi connectivity index (χ0v) is 20.4. The summed E-state index contributed by atoms with van der Waals surface area (Å²) in [4.78, 5) is 15.7. The molecule has 0 saturated heterocycles. The molecule has 8 nitrogen and oxygen atoms in total. The Hall–Kier alpha value is -4.15. The van der Waals surface area contributed by atoms with Gasteiger partial charge in [-0.05, 0) is 46.7 Å². The third-order valence-electron chi connectivity index (χ3n) is 6.03. The van der Waals surface area contributed by atoms with Crippen molar-refractivity contribution in [3.05, 3.63) is 72.1 Å². The number of rotatable bonds is 7. The summed E-state index contributed by atoms with van der Waals surface area (Å²) in [5.74, 6) is -0.200. The highest BCUT2D eigenvalue weighted by Gasteiger charge is 2.36. The number of hydrogen-bond donors (Lipinski definition) is 3. The molecule has 0 aliphatic carbocycles. The van der Waals surface area contributed by atoms with Crippen LogP contribution in [0.4, 0.5) is 24.0 Å². The molecule has 0 saturated carbocycles. The van der Waals surface area contributed by atoms with Gasteiger partial charge in [-0.25, -0.2) is 4.79 Å². The molecule has 37 heavy (non-hydrogen) atoms. The van der Waals surface area contributed by atoms with Crippen LogP contribution in [-0.2, 0) is 6.18 Å². The molecule has 2 aromatic heterocycles. The number of nitrogens with zero attached hydrogens (tertiary/aromatic N) is 3. The van der Waals surface area contributed by atoms with Gasteiger partial charge in [-0.2, -0.15) is 13.2 Å². The molecule has 0 aliphatic heterocycles. The van der Waals surface area contributed by atoms with Crippen molar-refractivity contribution in [2.45, 2.75) is 38.9 Å². The number of aromatic nitrogens is 3. The average Bonchev–Trinajstić information content (AvgIpc) is 3.30. The largest absolute Gasteiger partial charge is 0.465 e. The molecule has 1 unspecified atom stereocenters. The summed E-state index contributed by atoms with van der Waals surface area (Å²) >= 11 is 0. The number of alkyl halides is 3. The highest BCUT2D eigenvalue weighted by Crippen LogP contribution is 2.39. The molecule has 4 aromatic rings. The first kappa shape index (κ1) is 25.9. The van der Waals surface area contributed by atoms with Gasteiger partial charge in [0, 0.05) is 35.8 Å². The highest BCUT2D eigenvalue weighted by atomic mass is 19.4. The van der Waals surface area contributed by atoms with Crippen molar-refractivity contribution in [2.24, 2.45) is 5.41 Å². The van der Waals surface area contributed by atoms with E-state index in [1.165, 1.54) is 12.1 Å². The van der Waals surface area contributed by atoms with Crippen molar-refractivity contribution >= 4 is 22.9 Å². The lowest BCUT2D eigenvalue weighted by Crippen LogP contribution is -2.47. The second-order valence-electron chi connectivity index (χ2n) is 9.75. The zero-order chi connectivity index (χ0) is 26.8. The molecular weight excluding hydrogens is 487 g/mol. The number of nitrogens with one attached hydrogen (secondary N) is 2. The minimum absolute atomic E-state index is 0.0558. The fraction of sp³-hybridized carbons (Fsp3) is 0.308. The van der Waals surface area contributed by atoms with E-state index in [1.54, 1.807) is 12.4 Å². The van der Waals surface area contributed by atoms with Gasteiger partial charge in [0.05, 0.1) is 11.6 Å². The Kier molecular flexibility index (Phi) is 7.06. The molecule has 194 valence electrons. The topological polar surface area (TPSA) is 113 Å². The molecule has 4 rings (SSSR count). The lowest BCUT2D eigenvalue weighted by molar-refractivity contribution is -0.137. The molecular formula is C26H26F3N5O3. The molecule has 0 radical (unpaired) electrons. The van der Waals surface area contributed by atoms with Crippen molar-refractivity contribution in [2.75, 3.05) is 11.9 Å². The number of hydrogen-bond acceptors (Lipinski definition) is 6. The molecule has 1 amide bonds. The van der Waals surface area contributed by atoms with Gasteiger partial charge in [0.15, 0.2) is 0 Å². The van der Waals surface area contributed by atoms with Crippen molar-refractivity contribution in [1.29, 1.82) is 0 Å². The van der Waals surface area contributed by atoms with Gasteiger partial charge < -0.3 is 20.2 Å². The average molecular weight is 514 g/mol. The summed E-state index contributed by atoms with van der Waals surface area (Å²) in [7, 11) is 0. The Bertz CT molecular complexity index is 1380. The Morgan fingerprint density at radius 2 is 1.76 bits per heavy atom. The first-order valence-electron chi connectivity index (χ1n) is 11.5. The van der Waals surface area contributed by atoms with Gasteiger partial charge in [-0.1, -0.05) is 44.1 Å². The van der Waals surface area contributed by atoms with Crippen LogP contribution in [0.3, 0.4) is 0 Å². The summed E-state index contributed by atoms with van der Waals surface area (Å²) in [6.07, 6.45) is -2.29. The van der Waals surface area contributed by atoms with Gasteiger partial charge in [-0.3, -0.25) is 4.98 Å². The maximum atomic E-state index is 13.1. The smallest absolute Gasteiger partial charge is 0.416 e. The molecule has 0 aliphatic rings. The summed E-state index contributed by atoms with van der Waals surface area (Å²) in [5, 5.41) is 25.0.